The van der Waals surface area contributed by atoms with Crippen molar-refractivity contribution in [3.05, 3.63) is 79.6 Å². The zero-order valence-corrected chi connectivity index (χ0v) is 20.1. The molecule has 0 aliphatic heterocycles. The predicted molar refractivity (Wildman–Crippen MR) is 133 cm³/mol. The molecule has 10 heteroatoms. The molecule has 0 spiro atoms. The van der Waals surface area contributed by atoms with Crippen LogP contribution in [0.5, 0.6) is 0 Å². The number of anilines is 4. The number of hydrogen-bond donors (Lipinski definition) is 2. The largest absolute Gasteiger partial charge is 0.383 e. The van der Waals surface area contributed by atoms with Gasteiger partial charge < -0.3 is 15.5 Å². The number of nitrogens with zero attached hydrogens (tertiary/aromatic N) is 5. The number of halogens is 1. The van der Waals surface area contributed by atoms with Gasteiger partial charge in [-0.15, -0.1) is 0 Å². The first-order valence-electron chi connectivity index (χ1n) is 9.90. The van der Waals surface area contributed by atoms with Crippen molar-refractivity contribution in [2.45, 2.75) is 13.8 Å². The van der Waals surface area contributed by atoms with Crippen LogP contribution in [0.15, 0.2) is 47.1 Å². The van der Waals surface area contributed by atoms with Crippen LogP contribution in [0.1, 0.15) is 22.4 Å². The SMILES string of the molecule is Cc1cc(Br)cc(C)c1Nc1nc(Nc2ccccc2C#N)nc(C=CN(C)C)c1[N+](=O)[O-]. The van der Waals surface area contributed by atoms with Crippen molar-refractivity contribution in [1.82, 2.24) is 14.9 Å². The number of nitro groups is 1. The smallest absolute Gasteiger partial charge is 0.337 e. The Morgan fingerprint density at radius 2 is 1.82 bits per heavy atom. The average Bonchev–Trinajstić information content (AvgIpc) is 2.74. The highest BCUT2D eigenvalue weighted by Gasteiger charge is 2.25. The van der Waals surface area contributed by atoms with E-state index >= 15 is 0 Å². The molecule has 33 heavy (non-hydrogen) atoms. The van der Waals surface area contributed by atoms with Gasteiger partial charge in [-0.25, -0.2) is 4.98 Å². The van der Waals surface area contributed by atoms with E-state index in [1.807, 2.05) is 26.0 Å². The zero-order chi connectivity index (χ0) is 24.1. The van der Waals surface area contributed by atoms with Gasteiger partial charge >= 0.3 is 5.69 Å². The minimum Gasteiger partial charge on any atom is -0.383 e. The van der Waals surface area contributed by atoms with Crippen LogP contribution in [0, 0.1) is 35.3 Å². The fourth-order valence-corrected chi connectivity index (χ4v) is 3.85. The first kappa shape index (κ1) is 23.7. The van der Waals surface area contributed by atoms with E-state index in [4.69, 9.17) is 0 Å². The molecule has 1 heterocycles. The Morgan fingerprint density at radius 1 is 1.15 bits per heavy atom. The van der Waals surface area contributed by atoms with Gasteiger partial charge in [0.1, 0.15) is 6.07 Å². The molecule has 2 aromatic carbocycles. The number of benzene rings is 2. The van der Waals surface area contributed by atoms with Crippen molar-refractivity contribution in [2.24, 2.45) is 0 Å². The van der Waals surface area contributed by atoms with Gasteiger partial charge in [0.05, 0.1) is 16.2 Å². The summed E-state index contributed by atoms with van der Waals surface area (Å²) < 4.78 is 0.908. The Balaban J connectivity index is 2.19. The van der Waals surface area contributed by atoms with E-state index in [2.05, 4.69) is 42.6 Å². The maximum absolute atomic E-state index is 12.0. The van der Waals surface area contributed by atoms with Crippen LogP contribution in [-0.2, 0) is 0 Å². The summed E-state index contributed by atoms with van der Waals surface area (Å²) in [6.45, 7) is 3.81. The molecule has 0 radical (unpaired) electrons. The van der Waals surface area contributed by atoms with E-state index in [0.717, 1.165) is 15.6 Å². The molecule has 0 aliphatic carbocycles. The molecule has 3 aromatic rings. The maximum Gasteiger partial charge on any atom is 0.337 e. The van der Waals surface area contributed by atoms with Crippen molar-refractivity contribution < 1.29 is 4.92 Å². The number of rotatable bonds is 7. The molecular formula is C23H22BrN7O2. The Morgan fingerprint density at radius 3 is 2.42 bits per heavy atom. The van der Waals surface area contributed by atoms with E-state index in [-0.39, 0.29) is 23.1 Å². The summed E-state index contributed by atoms with van der Waals surface area (Å²) in [4.78, 5) is 22.1. The minimum absolute atomic E-state index is 0.0406. The number of para-hydroxylation sites is 1. The summed E-state index contributed by atoms with van der Waals surface area (Å²) >= 11 is 3.47. The lowest BCUT2D eigenvalue weighted by molar-refractivity contribution is -0.384. The summed E-state index contributed by atoms with van der Waals surface area (Å²) in [7, 11) is 3.61. The third-order valence-corrected chi connectivity index (χ3v) is 5.12. The van der Waals surface area contributed by atoms with Gasteiger partial charge in [-0.2, -0.15) is 10.2 Å². The first-order chi connectivity index (χ1) is 15.7. The lowest BCUT2D eigenvalue weighted by Gasteiger charge is -2.15. The van der Waals surface area contributed by atoms with Crippen molar-refractivity contribution in [3.8, 4) is 6.07 Å². The molecule has 0 saturated heterocycles. The average molecular weight is 508 g/mol. The van der Waals surface area contributed by atoms with Crippen LogP contribution < -0.4 is 10.6 Å². The molecular weight excluding hydrogens is 486 g/mol. The van der Waals surface area contributed by atoms with Gasteiger partial charge in [0, 0.05) is 30.5 Å². The third-order valence-electron chi connectivity index (χ3n) is 4.66. The van der Waals surface area contributed by atoms with Crippen LogP contribution in [0.25, 0.3) is 6.08 Å². The van der Waals surface area contributed by atoms with Crippen molar-refractivity contribution in [3.63, 3.8) is 0 Å². The van der Waals surface area contributed by atoms with Crippen molar-refractivity contribution in [2.75, 3.05) is 24.7 Å². The van der Waals surface area contributed by atoms with E-state index in [9.17, 15) is 15.4 Å². The Labute approximate surface area is 200 Å². The fraction of sp³-hybridized carbons (Fsp3) is 0.174. The van der Waals surface area contributed by atoms with Crippen LogP contribution in [0.3, 0.4) is 0 Å². The lowest BCUT2D eigenvalue weighted by atomic mass is 10.1. The number of aryl methyl sites for hydroxylation is 2. The van der Waals surface area contributed by atoms with Gasteiger partial charge in [0.15, 0.2) is 5.69 Å². The summed E-state index contributed by atoms with van der Waals surface area (Å²) in [5.41, 5.74) is 3.27. The summed E-state index contributed by atoms with van der Waals surface area (Å²) in [5.74, 6) is 0.162. The first-order valence-corrected chi connectivity index (χ1v) is 10.7. The normalized spacial score (nSPS) is 10.7. The summed E-state index contributed by atoms with van der Waals surface area (Å²) in [6.07, 6.45) is 3.22. The standard InChI is InChI=1S/C23H22BrN7O2/c1-14-11-17(24)12-15(2)20(14)28-22-21(31(32)33)19(9-10-30(3)4)27-23(29-22)26-18-8-6-5-7-16(18)13-25/h5-12H,1-4H3,(H2,26,27,28,29). The lowest BCUT2D eigenvalue weighted by Crippen LogP contribution is -2.09. The highest BCUT2D eigenvalue weighted by molar-refractivity contribution is 9.10. The molecule has 0 saturated carbocycles. The fourth-order valence-electron chi connectivity index (χ4n) is 3.17. The molecule has 0 atom stereocenters. The molecule has 168 valence electrons. The second-order valence-corrected chi connectivity index (χ2v) is 8.40. The quantitative estimate of drug-likeness (QED) is 0.310. The molecule has 0 amide bonds. The second-order valence-electron chi connectivity index (χ2n) is 7.49. The number of aromatic nitrogens is 2. The molecule has 0 aliphatic rings. The Bertz CT molecular complexity index is 1260. The minimum atomic E-state index is -0.506. The van der Waals surface area contributed by atoms with Gasteiger partial charge in [-0.05, 0) is 55.3 Å². The Hall–Kier alpha value is -3.97. The monoisotopic (exact) mass is 507 g/mol. The van der Waals surface area contributed by atoms with Gasteiger partial charge in [-0.1, -0.05) is 28.1 Å². The highest BCUT2D eigenvalue weighted by atomic mass is 79.9. The van der Waals surface area contributed by atoms with Crippen LogP contribution in [0.2, 0.25) is 0 Å². The van der Waals surface area contributed by atoms with Gasteiger partial charge in [-0.3, -0.25) is 10.1 Å². The van der Waals surface area contributed by atoms with E-state index < -0.39 is 4.92 Å². The van der Waals surface area contributed by atoms with Crippen LogP contribution in [-0.4, -0.2) is 33.9 Å². The summed E-state index contributed by atoms with van der Waals surface area (Å²) in [6, 6.07) is 12.8. The van der Waals surface area contributed by atoms with Crippen LogP contribution >= 0.6 is 15.9 Å². The van der Waals surface area contributed by atoms with Gasteiger partial charge in [0.2, 0.25) is 11.8 Å². The third kappa shape index (κ3) is 5.64. The van der Waals surface area contributed by atoms with E-state index in [0.29, 0.717) is 16.9 Å². The van der Waals surface area contributed by atoms with Crippen molar-refractivity contribution in [1.29, 1.82) is 5.26 Å². The molecule has 0 unspecified atom stereocenters. The summed E-state index contributed by atoms with van der Waals surface area (Å²) in [5, 5.41) is 27.6. The van der Waals surface area contributed by atoms with Crippen LogP contribution in [0.4, 0.5) is 28.8 Å². The Kier molecular flexibility index (Phi) is 7.25. The molecule has 0 bridgehead atoms. The van der Waals surface area contributed by atoms with E-state index in [1.54, 1.807) is 55.5 Å². The zero-order valence-electron chi connectivity index (χ0n) is 18.5. The topological polar surface area (TPSA) is 120 Å². The number of nitriles is 1. The molecule has 3 rings (SSSR count). The number of nitrogens with one attached hydrogen (secondary N) is 2. The van der Waals surface area contributed by atoms with Gasteiger partial charge in [0.25, 0.3) is 0 Å². The second kappa shape index (κ2) is 10.1. The number of hydrogen-bond acceptors (Lipinski definition) is 8. The molecule has 2 N–H and O–H groups in total. The van der Waals surface area contributed by atoms with E-state index in [1.165, 1.54) is 0 Å². The maximum atomic E-state index is 12.0. The molecule has 9 nitrogen and oxygen atoms in total. The highest BCUT2D eigenvalue weighted by Crippen LogP contribution is 2.34. The molecule has 0 fully saturated rings. The van der Waals surface area contributed by atoms with Crippen molar-refractivity contribution >= 4 is 50.8 Å². The predicted octanol–water partition coefficient (Wildman–Crippen LogP) is 5.66. The molecule has 1 aromatic heterocycles.